The SMILES string of the molecule is COC(=O)C1NCCC1(F)F.Cl. The van der Waals surface area contributed by atoms with Crippen molar-refractivity contribution in [2.75, 3.05) is 13.7 Å². The summed E-state index contributed by atoms with van der Waals surface area (Å²) in [5.74, 6) is -3.85. The molecule has 0 bridgehead atoms. The lowest BCUT2D eigenvalue weighted by Gasteiger charge is -2.15. The number of carbonyl (C=O) groups is 1. The van der Waals surface area contributed by atoms with Gasteiger partial charge in [0.2, 0.25) is 0 Å². The molecule has 0 spiro atoms. The van der Waals surface area contributed by atoms with Gasteiger partial charge < -0.3 is 4.74 Å². The molecule has 1 aliphatic rings. The summed E-state index contributed by atoms with van der Waals surface area (Å²) >= 11 is 0. The molecule has 1 N–H and O–H groups in total. The van der Waals surface area contributed by atoms with Gasteiger partial charge in [0.05, 0.1) is 7.11 Å². The van der Waals surface area contributed by atoms with Crippen molar-refractivity contribution in [2.45, 2.75) is 18.4 Å². The van der Waals surface area contributed by atoms with Crippen molar-refractivity contribution in [3.63, 3.8) is 0 Å². The molecule has 0 aromatic heterocycles. The highest BCUT2D eigenvalue weighted by molar-refractivity contribution is 5.85. The molecule has 1 aliphatic heterocycles. The lowest BCUT2D eigenvalue weighted by Crippen LogP contribution is -2.43. The van der Waals surface area contributed by atoms with Crippen molar-refractivity contribution < 1.29 is 18.3 Å². The average Bonchev–Trinajstić information content (AvgIpc) is 2.28. The molecule has 0 aromatic rings. The summed E-state index contributed by atoms with van der Waals surface area (Å²) in [6.45, 7) is 0.159. The molecule has 1 fully saturated rings. The largest absolute Gasteiger partial charge is 0.468 e. The first-order valence-electron chi connectivity index (χ1n) is 3.27. The number of hydrogen-bond acceptors (Lipinski definition) is 3. The Labute approximate surface area is 74.9 Å². The number of methoxy groups -OCH3 is 1. The van der Waals surface area contributed by atoms with E-state index in [-0.39, 0.29) is 25.4 Å². The van der Waals surface area contributed by atoms with Gasteiger partial charge in [-0.05, 0) is 0 Å². The van der Waals surface area contributed by atoms with Crippen LogP contribution in [0.15, 0.2) is 0 Å². The molecule has 0 aliphatic carbocycles. The maximum atomic E-state index is 12.7. The van der Waals surface area contributed by atoms with Gasteiger partial charge in [0, 0.05) is 13.0 Å². The smallest absolute Gasteiger partial charge is 0.329 e. The molecule has 1 atom stereocenters. The number of nitrogens with one attached hydrogen (secondary N) is 1. The minimum atomic E-state index is -2.95. The number of hydrogen-bond donors (Lipinski definition) is 1. The lowest BCUT2D eigenvalue weighted by atomic mass is 10.1. The predicted molar refractivity (Wildman–Crippen MR) is 40.6 cm³/mol. The second-order valence-electron chi connectivity index (χ2n) is 2.42. The fourth-order valence-electron chi connectivity index (χ4n) is 1.05. The summed E-state index contributed by atoms with van der Waals surface area (Å²) < 4.78 is 29.6. The normalized spacial score (nSPS) is 26.1. The molecule has 0 amide bonds. The van der Waals surface area contributed by atoms with Crippen LogP contribution in [-0.4, -0.2) is 31.6 Å². The average molecular weight is 202 g/mol. The van der Waals surface area contributed by atoms with E-state index in [1.54, 1.807) is 0 Å². The summed E-state index contributed by atoms with van der Waals surface area (Å²) in [4.78, 5) is 10.7. The van der Waals surface area contributed by atoms with Crippen LogP contribution in [0, 0.1) is 0 Å². The Morgan fingerprint density at radius 2 is 2.25 bits per heavy atom. The third-order valence-corrected chi connectivity index (χ3v) is 1.67. The van der Waals surface area contributed by atoms with Gasteiger partial charge in [-0.1, -0.05) is 0 Å². The standard InChI is InChI=1S/C6H9F2NO2.ClH/c1-11-5(10)4-6(7,8)2-3-9-4;/h4,9H,2-3H2,1H3;1H. The molecule has 6 heteroatoms. The van der Waals surface area contributed by atoms with Gasteiger partial charge in [-0.15, -0.1) is 12.4 Å². The van der Waals surface area contributed by atoms with E-state index in [0.29, 0.717) is 0 Å². The van der Waals surface area contributed by atoms with E-state index in [2.05, 4.69) is 10.1 Å². The third-order valence-electron chi connectivity index (χ3n) is 1.67. The minimum Gasteiger partial charge on any atom is -0.468 e. The number of rotatable bonds is 1. The third kappa shape index (κ3) is 2.04. The van der Waals surface area contributed by atoms with E-state index in [1.165, 1.54) is 0 Å². The molecule has 0 saturated carbocycles. The molecule has 1 rings (SSSR count). The number of ether oxygens (including phenoxy) is 1. The van der Waals surface area contributed by atoms with Gasteiger partial charge in [-0.3, -0.25) is 10.1 Å². The Balaban J connectivity index is 0.00000121. The first-order valence-corrected chi connectivity index (χ1v) is 3.27. The van der Waals surface area contributed by atoms with Gasteiger partial charge in [-0.25, -0.2) is 8.78 Å². The number of halogens is 3. The number of alkyl halides is 2. The zero-order valence-corrected chi connectivity index (χ0v) is 7.29. The molecular formula is C6H10ClF2NO2. The van der Waals surface area contributed by atoms with Crippen LogP contribution in [0.4, 0.5) is 8.78 Å². The summed E-state index contributed by atoms with van der Waals surface area (Å²) in [5.41, 5.74) is 0. The van der Waals surface area contributed by atoms with Gasteiger partial charge >= 0.3 is 5.97 Å². The zero-order chi connectivity index (χ0) is 8.48. The van der Waals surface area contributed by atoms with Crippen molar-refractivity contribution in [2.24, 2.45) is 0 Å². The summed E-state index contributed by atoms with van der Waals surface area (Å²) in [6, 6.07) is -1.45. The minimum absolute atomic E-state index is 0. The second kappa shape index (κ2) is 4.00. The molecule has 0 aromatic carbocycles. The van der Waals surface area contributed by atoms with E-state index in [0.717, 1.165) is 7.11 Å². The van der Waals surface area contributed by atoms with Crippen LogP contribution in [0.1, 0.15) is 6.42 Å². The number of carbonyl (C=O) groups excluding carboxylic acids is 1. The van der Waals surface area contributed by atoms with E-state index in [4.69, 9.17) is 0 Å². The Kier molecular flexibility index (Phi) is 3.86. The maximum Gasteiger partial charge on any atom is 0.329 e. The lowest BCUT2D eigenvalue weighted by molar-refractivity contribution is -0.151. The highest BCUT2D eigenvalue weighted by Crippen LogP contribution is 2.27. The van der Waals surface area contributed by atoms with Crippen molar-refractivity contribution in [1.82, 2.24) is 5.32 Å². The molecule has 12 heavy (non-hydrogen) atoms. The van der Waals surface area contributed by atoms with Gasteiger partial charge in [0.1, 0.15) is 0 Å². The van der Waals surface area contributed by atoms with Crippen LogP contribution in [0.3, 0.4) is 0 Å². The predicted octanol–water partition coefficient (Wildman–Crippen LogP) is 0.578. The molecule has 3 nitrogen and oxygen atoms in total. The first-order chi connectivity index (χ1) is 5.08. The topological polar surface area (TPSA) is 38.3 Å². The van der Waals surface area contributed by atoms with Crippen molar-refractivity contribution in [3.8, 4) is 0 Å². The van der Waals surface area contributed by atoms with E-state index < -0.39 is 17.9 Å². The van der Waals surface area contributed by atoms with Crippen LogP contribution >= 0.6 is 12.4 Å². The van der Waals surface area contributed by atoms with Crippen molar-refractivity contribution in [1.29, 1.82) is 0 Å². The van der Waals surface area contributed by atoms with Gasteiger partial charge in [-0.2, -0.15) is 0 Å². The number of esters is 1. The van der Waals surface area contributed by atoms with Gasteiger partial charge in [0.15, 0.2) is 6.04 Å². The molecule has 72 valence electrons. The summed E-state index contributed by atoms with van der Waals surface area (Å²) in [5, 5.41) is 2.37. The molecule has 1 unspecified atom stereocenters. The Hall–Kier alpha value is -0.420. The Morgan fingerprint density at radius 3 is 2.58 bits per heavy atom. The Morgan fingerprint density at radius 1 is 1.67 bits per heavy atom. The highest BCUT2D eigenvalue weighted by atomic mass is 35.5. The quantitative estimate of drug-likeness (QED) is 0.631. The van der Waals surface area contributed by atoms with Gasteiger partial charge in [0.25, 0.3) is 5.92 Å². The highest BCUT2D eigenvalue weighted by Gasteiger charge is 2.48. The summed E-state index contributed by atoms with van der Waals surface area (Å²) in [7, 11) is 1.10. The van der Waals surface area contributed by atoms with Crippen LogP contribution < -0.4 is 5.32 Å². The van der Waals surface area contributed by atoms with Crippen molar-refractivity contribution >= 4 is 18.4 Å². The fourth-order valence-corrected chi connectivity index (χ4v) is 1.05. The Bertz CT molecular complexity index is 177. The molecule has 0 radical (unpaired) electrons. The zero-order valence-electron chi connectivity index (χ0n) is 6.47. The van der Waals surface area contributed by atoms with Crippen LogP contribution in [0.2, 0.25) is 0 Å². The van der Waals surface area contributed by atoms with Crippen LogP contribution in [0.5, 0.6) is 0 Å². The van der Waals surface area contributed by atoms with E-state index >= 15 is 0 Å². The first kappa shape index (κ1) is 11.6. The fraction of sp³-hybridized carbons (Fsp3) is 0.833. The van der Waals surface area contributed by atoms with Crippen LogP contribution in [-0.2, 0) is 9.53 Å². The maximum absolute atomic E-state index is 12.7. The molecular weight excluding hydrogens is 192 g/mol. The van der Waals surface area contributed by atoms with E-state index in [1.807, 2.05) is 0 Å². The molecule has 1 saturated heterocycles. The van der Waals surface area contributed by atoms with E-state index in [9.17, 15) is 13.6 Å². The van der Waals surface area contributed by atoms with Crippen molar-refractivity contribution in [3.05, 3.63) is 0 Å². The second-order valence-corrected chi connectivity index (χ2v) is 2.42. The summed E-state index contributed by atoms with van der Waals surface area (Å²) in [6.07, 6.45) is -0.299. The van der Waals surface area contributed by atoms with Crippen LogP contribution in [0.25, 0.3) is 0 Å². The molecule has 1 heterocycles. The monoisotopic (exact) mass is 201 g/mol.